The Morgan fingerprint density at radius 1 is 1.40 bits per heavy atom. The molecule has 0 spiro atoms. The fraction of sp³-hybridized carbons (Fsp3) is 0.375. The number of amides is 1. The zero-order chi connectivity index (χ0) is 14.1. The van der Waals surface area contributed by atoms with Gasteiger partial charge < -0.3 is 5.32 Å². The molecule has 1 amide bonds. The molecule has 1 aliphatic carbocycles. The summed E-state index contributed by atoms with van der Waals surface area (Å²) >= 11 is 6.09. The molecule has 1 aromatic carbocycles. The highest BCUT2D eigenvalue weighted by atomic mass is 35.5. The number of aromatic nitrogens is 1. The highest BCUT2D eigenvalue weighted by molar-refractivity contribution is 6.31. The second-order valence-electron chi connectivity index (χ2n) is 5.18. The lowest BCUT2D eigenvalue weighted by molar-refractivity contribution is 0.0954. The lowest BCUT2D eigenvalue weighted by Gasteiger charge is -2.12. The van der Waals surface area contributed by atoms with E-state index < -0.39 is 0 Å². The van der Waals surface area contributed by atoms with Crippen LogP contribution < -0.4 is 5.32 Å². The summed E-state index contributed by atoms with van der Waals surface area (Å²) in [5.41, 5.74) is 3.81. The van der Waals surface area contributed by atoms with E-state index in [1.165, 1.54) is 0 Å². The van der Waals surface area contributed by atoms with Crippen LogP contribution >= 0.6 is 11.6 Å². The van der Waals surface area contributed by atoms with Crippen LogP contribution in [-0.2, 0) is 12.8 Å². The van der Waals surface area contributed by atoms with Crippen LogP contribution in [0, 0.1) is 0 Å². The smallest absolute Gasteiger partial charge is 0.252 e. The Morgan fingerprint density at radius 2 is 2.25 bits per heavy atom. The SMILES string of the molecule is CCCNC(=O)c1c2c(nc3ccc(Cl)cc13)CCC2. The number of rotatable bonds is 3. The lowest BCUT2D eigenvalue weighted by Crippen LogP contribution is -2.25. The van der Waals surface area contributed by atoms with Gasteiger partial charge in [0.05, 0.1) is 11.1 Å². The van der Waals surface area contributed by atoms with Gasteiger partial charge in [0, 0.05) is 22.6 Å². The first kappa shape index (κ1) is 13.4. The molecule has 1 aliphatic rings. The summed E-state index contributed by atoms with van der Waals surface area (Å²) in [6.45, 7) is 2.74. The molecule has 104 valence electrons. The number of nitrogens with zero attached hydrogens (tertiary/aromatic N) is 1. The number of fused-ring (bicyclic) bond motifs is 2. The third-order valence-corrected chi connectivity index (χ3v) is 3.97. The van der Waals surface area contributed by atoms with Crippen LogP contribution in [0.15, 0.2) is 18.2 Å². The number of hydrogen-bond acceptors (Lipinski definition) is 2. The lowest BCUT2D eigenvalue weighted by atomic mass is 10.0. The Bertz CT molecular complexity index is 682. The Balaban J connectivity index is 2.20. The minimum atomic E-state index is -0.000309. The Hall–Kier alpha value is -1.61. The van der Waals surface area contributed by atoms with Crippen molar-refractivity contribution in [3.05, 3.63) is 40.0 Å². The van der Waals surface area contributed by atoms with E-state index >= 15 is 0 Å². The molecule has 3 rings (SSSR count). The van der Waals surface area contributed by atoms with Gasteiger partial charge in [-0.25, -0.2) is 0 Å². The molecule has 0 saturated heterocycles. The average molecular weight is 289 g/mol. The second kappa shape index (κ2) is 5.41. The van der Waals surface area contributed by atoms with Crippen molar-refractivity contribution in [2.75, 3.05) is 6.54 Å². The minimum Gasteiger partial charge on any atom is -0.352 e. The molecule has 2 aromatic rings. The topological polar surface area (TPSA) is 42.0 Å². The van der Waals surface area contributed by atoms with Crippen LogP contribution in [-0.4, -0.2) is 17.4 Å². The van der Waals surface area contributed by atoms with E-state index in [1.807, 2.05) is 25.1 Å². The molecule has 1 heterocycles. The molecule has 0 radical (unpaired) electrons. The first-order valence-electron chi connectivity index (χ1n) is 7.10. The van der Waals surface area contributed by atoms with Gasteiger partial charge in [0.25, 0.3) is 5.91 Å². The molecular formula is C16H17ClN2O. The summed E-state index contributed by atoms with van der Waals surface area (Å²) in [5, 5.41) is 4.49. The number of hydrogen-bond donors (Lipinski definition) is 1. The van der Waals surface area contributed by atoms with Gasteiger partial charge in [-0.3, -0.25) is 9.78 Å². The normalized spacial score (nSPS) is 13.5. The molecule has 0 unspecified atom stereocenters. The number of aryl methyl sites for hydroxylation is 1. The first-order valence-corrected chi connectivity index (χ1v) is 7.47. The van der Waals surface area contributed by atoms with Gasteiger partial charge in [0.2, 0.25) is 0 Å². The zero-order valence-electron chi connectivity index (χ0n) is 11.5. The highest BCUT2D eigenvalue weighted by Crippen LogP contribution is 2.31. The van der Waals surface area contributed by atoms with Crippen molar-refractivity contribution in [1.82, 2.24) is 10.3 Å². The summed E-state index contributed by atoms with van der Waals surface area (Å²) in [6.07, 6.45) is 3.89. The van der Waals surface area contributed by atoms with Crippen molar-refractivity contribution < 1.29 is 4.79 Å². The van der Waals surface area contributed by atoms with Gasteiger partial charge in [-0.2, -0.15) is 0 Å². The molecular weight excluding hydrogens is 272 g/mol. The molecule has 1 aromatic heterocycles. The van der Waals surface area contributed by atoms with Crippen molar-refractivity contribution in [3.8, 4) is 0 Å². The van der Waals surface area contributed by atoms with Gasteiger partial charge in [0.15, 0.2) is 0 Å². The number of benzene rings is 1. The molecule has 3 nitrogen and oxygen atoms in total. The number of nitrogens with one attached hydrogen (secondary N) is 1. The van der Waals surface area contributed by atoms with E-state index in [0.717, 1.165) is 53.4 Å². The van der Waals surface area contributed by atoms with Crippen molar-refractivity contribution in [3.63, 3.8) is 0 Å². The monoisotopic (exact) mass is 288 g/mol. The molecule has 0 aliphatic heterocycles. The molecule has 0 atom stereocenters. The Morgan fingerprint density at radius 3 is 3.05 bits per heavy atom. The van der Waals surface area contributed by atoms with Crippen molar-refractivity contribution in [2.45, 2.75) is 32.6 Å². The molecule has 0 saturated carbocycles. The van der Waals surface area contributed by atoms with Crippen molar-refractivity contribution in [1.29, 1.82) is 0 Å². The van der Waals surface area contributed by atoms with Crippen molar-refractivity contribution >= 4 is 28.4 Å². The Kier molecular flexibility index (Phi) is 3.62. The van der Waals surface area contributed by atoms with Crippen LogP contribution in [0.2, 0.25) is 5.02 Å². The van der Waals surface area contributed by atoms with E-state index in [-0.39, 0.29) is 5.91 Å². The third-order valence-electron chi connectivity index (χ3n) is 3.74. The molecule has 0 bridgehead atoms. The maximum atomic E-state index is 12.5. The zero-order valence-corrected chi connectivity index (χ0v) is 12.3. The highest BCUT2D eigenvalue weighted by Gasteiger charge is 2.23. The largest absolute Gasteiger partial charge is 0.352 e. The molecule has 4 heteroatoms. The van der Waals surface area contributed by atoms with Crippen LogP contribution in [0.25, 0.3) is 10.9 Å². The minimum absolute atomic E-state index is 0.000309. The Labute approximate surface area is 123 Å². The second-order valence-corrected chi connectivity index (χ2v) is 5.62. The maximum Gasteiger partial charge on any atom is 0.252 e. The van der Waals surface area contributed by atoms with Crippen molar-refractivity contribution in [2.24, 2.45) is 0 Å². The number of carbonyl (C=O) groups is 1. The van der Waals surface area contributed by atoms with Gasteiger partial charge >= 0.3 is 0 Å². The molecule has 0 fully saturated rings. The predicted molar refractivity (Wildman–Crippen MR) is 81.4 cm³/mol. The fourth-order valence-corrected chi connectivity index (χ4v) is 2.99. The quantitative estimate of drug-likeness (QED) is 0.939. The summed E-state index contributed by atoms with van der Waals surface area (Å²) in [6, 6.07) is 5.57. The first-order chi connectivity index (χ1) is 9.70. The van der Waals surface area contributed by atoms with Crippen LogP contribution in [0.5, 0.6) is 0 Å². The summed E-state index contributed by atoms with van der Waals surface area (Å²) < 4.78 is 0. The summed E-state index contributed by atoms with van der Waals surface area (Å²) in [4.78, 5) is 17.2. The van der Waals surface area contributed by atoms with E-state index in [1.54, 1.807) is 0 Å². The number of halogens is 1. The third kappa shape index (κ3) is 2.27. The van der Waals surface area contributed by atoms with Crippen LogP contribution in [0.4, 0.5) is 0 Å². The van der Waals surface area contributed by atoms with E-state index in [0.29, 0.717) is 11.6 Å². The number of carbonyl (C=O) groups excluding carboxylic acids is 1. The summed E-state index contributed by atoms with van der Waals surface area (Å²) in [5.74, 6) is -0.000309. The molecule has 1 N–H and O–H groups in total. The van der Waals surface area contributed by atoms with E-state index in [4.69, 9.17) is 11.6 Å². The van der Waals surface area contributed by atoms with Gasteiger partial charge in [0.1, 0.15) is 0 Å². The predicted octanol–water partition coefficient (Wildman–Crippen LogP) is 3.52. The fourth-order valence-electron chi connectivity index (χ4n) is 2.82. The van der Waals surface area contributed by atoms with Gasteiger partial charge in [-0.05, 0) is 49.4 Å². The maximum absolute atomic E-state index is 12.5. The summed E-state index contributed by atoms with van der Waals surface area (Å²) in [7, 11) is 0. The average Bonchev–Trinajstić information content (AvgIpc) is 2.90. The molecule has 20 heavy (non-hydrogen) atoms. The van der Waals surface area contributed by atoms with E-state index in [9.17, 15) is 4.79 Å². The van der Waals surface area contributed by atoms with Crippen LogP contribution in [0.3, 0.4) is 0 Å². The van der Waals surface area contributed by atoms with Crippen LogP contribution in [0.1, 0.15) is 41.4 Å². The van der Waals surface area contributed by atoms with Gasteiger partial charge in [-0.15, -0.1) is 0 Å². The van der Waals surface area contributed by atoms with E-state index in [2.05, 4.69) is 10.3 Å². The number of pyridine rings is 1. The standard InChI is InChI=1S/C16H17ClN2O/c1-2-8-18-16(20)15-11-4-3-5-13(11)19-14-7-6-10(17)9-12(14)15/h6-7,9H,2-5,8H2,1H3,(H,18,20). The van der Waals surface area contributed by atoms with Gasteiger partial charge in [-0.1, -0.05) is 18.5 Å².